The van der Waals surface area contributed by atoms with Crippen molar-refractivity contribution in [3.8, 4) is 0 Å². The summed E-state index contributed by atoms with van der Waals surface area (Å²) < 4.78 is 0. The fourth-order valence-corrected chi connectivity index (χ4v) is 3.15. The maximum atomic E-state index is 12.5. The van der Waals surface area contributed by atoms with E-state index in [4.69, 9.17) is 0 Å². The summed E-state index contributed by atoms with van der Waals surface area (Å²) in [5.74, 6) is -0.796. The van der Waals surface area contributed by atoms with Gasteiger partial charge in [-0.05, 0) is 32.6 Å². The third-order valence-electron chi connectivity index (χ3n) is 4.16. The van der Waals surface area contributed by atoms with Crippen LogP contribution in [0, 0.1) is 11.3 Å². The van der Waals surface area contributed by atoms with Crippen LogP contribution in [-0.4, -0.2) is 41.7 Å². The summed E-state index contributed by atoms with van der Waals surface area (Å²) in [4.78, 5) is 38.9. The van der Waals surface area contributed by atoms with Gasteiger partial charge in [0.15, 0.2) is 0 Å². The molecule has 5 nitrogen and oxygen atoms in total. The summed E-state index contributed by atoms with van der Waals surface area (Å²) in [6.45, 7) is 7.96. The molecule has 2 fully saturated rings. The molecule has 1 unspecified atom stereocenters. The summed E-state index contributed by atoms with van der Waals surface area (Å²) in [5, 5.41) is 0. The molecule has 1 heterocycles. The molecule has 1 spiro atoms. The topological polar surface area (TPSA) is 57.7 Å². The lowest BCUT2D eigenvalue weighted by molar-refractivity contribution is -0.156. The van der Waals surface area contributed by atoms with Crippen molar-refractivity contribution in [2.75, 3.05) is 14.1 Å². The summed E-state index contributed by atoms with van der Waals surface area (Å²) in [6, 6.07) is -0.568. The van der Waals surface area contributed by atoms with E-state index in [0.29, 0.717) is 12.8 Å². The fraction of sp³-hybridized carbons (Fsp3) is 0.533. The van der Waals surface area contributed by atoms with Gasteiger partial charge in [-0.1, -0.05) is 23.8 Å². The van der Waals surface area contributed by atoms with Crippen molar-refractivity contribution >= 4 is 17.8 Å². The zero-order valence-electron chi connectivity index (χ0n) is 12.4. The molecule has 2 rings (SSSR count). The summed E-state index contributed by atoms with van der Waals surface area (Å²) in [5.41, 5.74) is 0.858. The van der Waals surface area contributed by atoms with Crippen LogP contribution in [0.5, 0.6) is 0 Å². The molecule has 0 aromatic heterocycles. The van der Waals surface area contributed by atoms with Crippen molar-refractivity contribution in [3.05, 3.63) is 23.8 Å². The lowest BCUT2D eigenvalue weighted by atomic mass is 9.80. The van der Waals surface area contributed by atoms with Crippen molar-refractivity contribution in [1.82, 2.24) is 9.80 Å². The number of amides is 4. The summed E-state index contributed by atoms with van der Waals surface area (Å²) in [6.07, 6.45) is 2.76. The lowest BCUT2D eigenvalue weighted by Gasteiger charge is -2.39. The van der Waals surface area contributed by atoms with Gasteiger partial charge >= 0.3 is 6.03 Å². The Morgan fingerprint density at radius 2 is 1.70 bits per heavy atom. The minimum absolute atomic E-state index is 0.0166. The maximum Gasteiger partial charge on any atom is 0.332 e. The molecule has 108 valence electrons. The van der Waals surface area contributed by atoms with Gasteiger partial charge in [0.05, 0.1) is 0 Å². The van der Waals surface area contributed by atoms with Crippen molar-refractivity contribution in [2.24, 2.45) is 11.3 Å². The number of hydrogen-bond acceptors (Lipinski definition) is 3. The largest absolute Gasteiger partial charge is 0.332 e. The summed E-state index contributed by atoms with van der Waals surface area (Å²) in [7, 11) is 2.85. The van der Waals surface area contributed by atoms with Crippen LogP contribution in [0.1, 0.15) is 26.7 Å². The highest BCUT2D eigenvalue weighted by Crippen LogP contribution is 2.49. The number of imide groups is 2. The van der Waals surface area contributed by atoms with Gasteiger partial charge in [0.25, 0.3) is 0 Å². The number of rotatable bonds is 1. The molecule has 0 N–H and O–H groups in total. The Morgan fingerprint density at radius 3 is 2.15 bits per heavy atom. The minimum atomic E-state index is -1.15. The average Bonchev–Trinajstić information content (AvgIpc) is 2.70. The number of barbiturate groups is 1. The van der Waals surface area contributed by atoms with E-state index in [9.17, 15) is 14.4 Å². The second kappa shape index (κ2) is 4.58. The fourth-order valence-electron chi connectivity index (χ4n) is 3.15. The SMILES string of the molecule is C=C1CC2(CC1C=C(C)C)C(=O)N(C)C(=O)N(C)C2=O. The smallest absolute Gasteiger partial charge is 0.273 e. The first-order valence-corrected chi connectivity index (χ1v) is 6.63. The zero-order chi connectivity index (χ0) is 15.2. The van der Waals surface area contributed by atoms with Crippen LogP contribution < -0.4 is 0 Å². The first-order valence-electron chi connectivity index (χ1n) is 6.63. The highest BCUT2D eigenvalue weighted by Gasteiger charge is 2.59. The molecule has 1 atom stereocenters. The van der Waals surface area contributed by atoms with Crippen LogP contribution in [-0.2, 0) is 9.59 Å². The molecule has 1 saturated carbocycles. The van der Waals surface area contributed by atoms with Gasteiger partial charge in [0, 0.05) is 14.1 Å². The van der Waals surface area contributed by atoms with Crippen molar-refractivity contribution in [2.45, 2.75) is 26.7 Å². The molecule has 0 aromatic rings. The Balaban J connectivity index is 2.42. The Bertz CT molecular complexity index is 519. The molecule has 0 bridgehead atoms. The van der Waals surface area contributed by atoms with E-state index >= 15 is 0 Å². The molecular formula is C15H20N2O3. The van der Waals surface area contributed by atoms with E-state index in [0.717, 1.165) is 20.9 Å². The van der Waals surface area contributed by atoms with Crippen LogP contribution in [0.4, 0.5) is 4.79 Å². The molecule has 5 heteroatoms. The van der Waals surface area contributed by atoms with Crippen LogP contribution in [0.15, 0.2) is 23.8 Å². The Kier molecular flexibility index (Phi) is 3.32. The van der Waals surface area contributed by atoms with Crippen LogP contribution >= 0.6 is 0 Å². The van der Waals surface area contributed by atoms with Gasteiger partial charge in [-0.2, -0.15) is 0 Å². The normalized spacial score (nSPS) is 25.7. The van der Waals surface area contributed by atoms with E-state index in [2.05, 4.69) is 6.58 Å². The van der Waals surface area contributed by atoms with Gasteiger partial charge in [-0.3, -0.25) is 19.4 Å². The van der Waals surface area contributed by atoms with Crippen molar-refractivity contribution < 1.29 is 14.4 Å². The third-order valence-corrected chi connectivity index (χ3v) is 4.16. The molecule has 1 saturated heterocycles. The molecule has 0 radical (unpaired) electrons. The molecule has 0 aromatic carbocycles. The van der Waals surface area contributed by atoms with Crippen molar-refractivity contribution in [1.29, 1.82) is 0 Å². The number of nitrogens with zero attached hydrogens (tertiary/aromatic N) is 2. The molecule has 4 amide bonds. The standard InChI is InChI=1S/C15H20N2O3/c1-9(2)6-11-8-15(7-10(11)3)12(18)16(4)14(20)17(5)13(15)19/h6,11H,3,7-8H2,1-2,4-5H3. The second-order valence-electron chi connectivity index (χ2n) is 5.98. The molecule has 20 heavy (non-hydrogen) atoms. The van der Waals surface area contributed by atoms with Gasteiger partial charge in [0.2, 0.25) is 11.8 Å². The number of urea groups is 1. The third kappa shape index (κ3) is 1.88. The van der Waals surface area contributed by atoms with E-state index < -0.39 is 23.3 Å². The first kappa shape index (κ1) is 14.5. The molecule has 2 aliphatic rings. The van der Waals surface area contributed by atoms with Crippen molar-refractivity contribution in [3.63, 3.8) is 0 Å². The van der Waals surface area contributed by atoms with Gasteiger partial charge < -0.3 is 0 Å². The monoisotopic (exact) mass is 276 g/mol. The quantitative estimate of drug-likeness (QED) is 0.543. The van der Waals surface area contributed by atoms with E-state index in [-0.39, 0.29) is 5.92 Å². The van der Waals surface area contributed by atoms with Gasteiger partial charge in [-0.25, -0.2) is 4.79 Å². The zero-order valence-corrected chi connectivity index (χ0v) is 12.4. The number of carbonyl (C=O) groups excluding carboxylic acids is 3. The predicted octanol–water partition coefficient (Wildman–Crippen LogP) is 1.96. The highest BCUT2D eigenvalue weighted by atomic mass is 16.2. The molecule has 1 aliphatic carbocycles. The van der Waals surface area contributed by atoms with E-state index in [1.54, 1.807) is 0 Å². The minimum Gasteiger partial charge on any atom is -0.273 e. The average molecular weight is 276 g/mol. The molecule has 1 aliphatic heterocycles. The van der Waals surface area contributed by atoms with Crippen LogP contribution in [0.25, 0.3) is 0 Å². The highest BCUT2D eigenvalue weighted by molar-refractivity contribution is 6.19. The number of hydrogen-bond donors (Lipinski definition) is 0. The van der Waals surface area contributed by atoms with Gasteiger partial charge in [-0.15, -0.1) is 0 Å². The number of carbonyl (C=O) groups is 3. The lowest BCUT2D eigenvalue weighted by Crippen LogP contribution is -2.62. The first-order chi connectivity index (χ1) is 9.20. The van der Waals surface area contributed by atoms with E-state index in [1.165, 1.54) is 14.1 Å². The predicted molar refractivity (Wildman–Crippen MR) is 74.7 cm³/mol. The number of allylic oxidation sites excluding steroid dienone is 3. The van der Waals surface area contributed by atoms with Crippen LogP contribution in [0.3, 0.4) is 0 Å². The maximum absolute atomic E-state index is 12.5. The Hall–Kier alpha value is -1.91. The molecular weight excluding hydrogens is 256 g/mol. The Morgan fingerprint density at radius 1 is 1.20 bits per heavy atom. The van der Waals surface area contributed by atoms with E-state index in [1.807, 2.05) is 19.9 Å². The second-order valence-corrected chi connectivity index (χ2v) is 5.98. The van der Waals surface area contributed by atoms with Crippen LogP contribution in [0.2, 0.25) is 0 Å². The van der Waals surface area contributed by atoms with Gasteiger partial charge in [0.1, 0.15) is 5.41 Å². The summed E-state index contributed by atoms with van der Waals surface area (Å²) >= 11 is 0. The Labute approximate surface area is 118 Å².